The molecule has 3 rings (SSSR count). The Labute approximate surface area is 185 Å². The van der Waals surface area contributed by atoms with Crippen LogP contribution in [0.3, 0.4) is 0 Å². The number of phenolic OH excluding ortho intramolecular Hbond substituents is 1. The summed E-state index contributed by atoms with van der Waals surface area (Å²) >= 11 is 2.84. The van der Waals surface area contributed by atoms with Crippen LogP contribution >= 0.6 is 34.4 Å². The van der Waals surface area contributed by atoms with E-state index in [-0.39, 0.29) is 30.0 Å². The van der Waals surface area contributed by atoms with Gasteiger partial charge in [-0.05, 0) is 70.3 Å². The molecular formula is C20H18INO6S. The number of nitrogens with zero attached hydrogens (tertiary/aromatic N) is 1. The van der Waals surface area contributed by atoms with Crippen LogP contribution in [0.15, 0.2) is 41.3 Å². The molecule has 29 heavy (non-hydrogen) atoms. The van der Waals surface area contributed by atoms with E-state index in [1.54, 1.807) is 37.5 Å². The molecule has 0 aliphatic carbocycles. The third-order valence-electron chi connectivity index (χ3n) is 4.08. The van der Waals surface area contributed by atoms with Crippen LogP contribution in [0.4, 0.5) is 4.79 Å². The molecule has 0 bridgehead atoms. The molecule has 2 aromatic carbocycles. The quantitative estimate of drug-likeness (QED) is 0.428. The monoisotopic (exact) mass is 527 g/mol. The Balaban J connectivity index is 1.70. The van der Waals surface area contributed by atoms with E-state index in [1.165, 1.54) is 7.11 Å². The van der Waals surface area contributed by atoms with E-state index in [0.717, 1.165) is 16.7 Å². The fourth-order valence-corrected chi connectivity index (χ4v) is 4.15. The van der Waals surface area contributed by atoms with Crippen LogP contribution < -0.4 is 14.2 Å². The third-order valence-corrected chi connectivity index (χ3v) is 5.81. The summed E-state index contributed by atoms with van der Waals surface area (Å²) in [5.74, 6) is 1.07. The van der Waals surface area contributed by atoms with Crippen molar-refractivity contribution >= 4 is 51.6 Å². The van der Waals surface area contributed by atoms with E-state index >= 15 is 0 Å². The van der Waals surface area contributed by atoms with Crippen molar-refractivity contribution in [1.29, 1.82) is 0 Å². The number of methoxy groups -OCH3 is 2. The molecule has 2 amide bonds. The van der Waals surface area contributed by atoms with Gasteiger partial charge in [0.25, 0.3) is 11.1 Å². The summed E-state index contributed by atoms with van der Waals surface area (Å²) in [6.07, 6.45) is 1.61. The maximum atomic E-state index is 12.6. The molecule has 1 heterocycles. The van der Waals surface area contributed by atoms with E-state index in [1.807, 2.05) is 34.7 Å². The number of rotatable bonds is 7. The van der Waals surface area contributed by atoms with Crippen LogP contribution in [0.5, 0.6) is 23.0 Å². The number of amides is 2. The second kappa shape index (κ2) is 9.40. The molecule has 152 valence electrons. The van der Waals surface area contributed by atoms with Gasteiger partial charge in [0.15, 0.2) is 23.0 Å². The maximum absolute atomic E-state index is 12.6. The van der Waals surface area contributed by atoms with Crippen molar-refractivity contribution in [3.8, 4) is 23.0 Å². The first-order chi connectivity index (χ1) is 13.9. The number of carbonyl (C=O) groups excluding carboxylic acids is 2. The normalized spacial score (nSPS) is 15.1. The lowest BCUT2D eigenvalue weighted by molar-refractivity contribution is -0.123. The number of thioether (sulfide) groups is 1. The van der Waals surface area contributed by atoms with Crippen LogP contribution in [0, 0.1) is 3.57 Å². The Morgan fingerprint density at radius 3 is 2.48 bits per heavy atom. The maximum Gasteiger partial charge on any atom is 0.293 e. The molecule has 0 unspecified atom stereocenters. The summed E-state index contributed by atoms with van der Waals surface area (Å²) in [7, 11) is 2.99. The topological polar surface area (TPSA) is 85.3 Å². The number of para-hydroxylation sites is 2. The SMILES string of the molecule is COc1ccccc1OCCN1C(=O)S/C(=C\c2cc(I)c(O)c(OC)c2)C1=O. The summed E-state index contributed by atoms with van der Waals surface area (Å²) < 4.78 is 16.6. The Morgan fingerprint density at radius 1 is 1.10 bits per heavy atom. The molecule has 0 aromatic heterocycles. The summed E-state index contributed by atoms with van der Waals surface area (Å²) in [6, 6.07) is 10.5. The minimum Gasteiger partial charge on any atom is -0.504 e. The fraction of sp³-hybridized carbons (Fsp3) is 0.200. The van der Waals surface area contributed by atoms with Gasteiger partial charge in [0, 0.05) is 0 Å². The Bertz CT molecular complexity index is 977. The lowest BCUT2D eigenvalue weighted by Crippen LogP contribution is -2.32. The summed E-state index contributed by atoms with van der Waals surface area (Å²) in [6.45, 7) is 0.271. The molecule has 0 spiro atoms. The van der Waals surface area contributed by atoms with Gasteiger partial charge in [-0.2, -0.15) is 0 Å². The van der Waals surface area contributed by atoms with Gasteiger partial charge in [0.2, 0.25) is 0 Å². The molecule has 0 saturated carbocycles. The molecule has 1 saturated heterocycles. The summed E-state index contributed by atoms with van der Waals surface area (Å²) in [5.41, 5.74) is 0.653. The molecular weight excluding hydrogens is 509 g/mol. The van der Waals surface area contributed by atoms with Crippen molar-refractivity contribution in [2.45, 2.75) is 0 Å². The molecule has 1 N–H and O–H groups in total. The number of carbonyl (C=O) groups is 2. The van der Waals surface area contributed by atoms with E-state index in [9.17, 15) is 14.7 Å². The third kappa shape index (κ3) is 4.78. The number of halogens is 1. The van der Waals surface area contributed by atoms with Crippen molar-refractivity contribution in [1.82, 2.24) is 4.90 Å². The van der Waals surface area contributed by atoms with E-state index in [0.29, 0.717) is 31.3 Å². The van der Waals surface area contributed by atoms with Crippen LogP contribution in [-0.2, 0) is 4.79 Å². The average molecular weight is 527 g/mol. The standard InChI is InChI=1S/C20H18INO6S/c1-26-14-5-3-4-6-15(14)28-8-7-22-19(24)17(29-20(22)25)11-12-9-13(21)18(23)16(10-12)27-2/h3-6,9-11,23H,7-8H2,1-2H3/b17-11-. The molecule has 0 atom stereocenters. The first-order valence-corrected chi connectivity index (χ1v) is 10.4. The Hall–Kier alpha value is -2.40. The van der Waals surface area contributed by atoms with Gasteiger partial charge in [0.1, 0.15) is 6.61 Å². The summed E-state index contributed by atoms with van der Waals surface area (Å²) in [4.78, 5) is 26.4. The fourth-order valence-electron chi connectivity index (χ4n) is 2.66. The zero-order valence-corrected chi connectivity index (χ0v) is 18.7. The average Bonchev–Trinajstić information content (AvgIpc) is 2.98. The highest BCUT2D eigenvalue weighted by atomic mass is 127. The van der Waals surface area contributed by atoms with E-state index < -0.39 is 0 Å². The predicted molar refractivity (Wildman–Crippen MR) is 119 cm³/mol. The molecule has 1 aliphatic heterocycles. The van der Waals surface area contributed by atoms with Crippen molar-refractivity contribution < 1.29 is 28.9 Å². The van der Waals surface area contributed by atoms with E-state index in [2.05, 4.69) is 0 Å². The van der Waals surface area contributed by atoms with Crippen molar-refractivity contribution in [2.24, 2.45) is 0 Å². The zero-order chi connectivity index (χ0) is 21.0. The summed E-state index contributed by atoms with van der Waals surface area (Å²) in [5, 5.41) is 9.58. The second-order valence-electron chi connectivity index (χ2n) is 5.89. The van der Waals surface area contributed by atoms with Crippen molar-refractivity contribution in [3.05, 3.63) is 50.4 Å². The highest BCUT2D eigenvalue weighted by Crippen LogP contribution is 2.36. The number of aromatic hydroxyl groups is 1. The van der Waals surface area contributed by atoms with Gasteiger partial charge < -0.3 is 19.3 Å². The first kappa shape index (κ1) is 21.3. The smallest absolute Gasteiger partial charge is 0.293 e. The number of benzene rings is 2. The number of hydrogen-bond acceptors (Lipinski definition) is 7. The molecule has 1 aliphatic rings. The number of imide groups is 1. The first-order valence-electron chi connectivity index (χ1n) is 8.52. The predicted octanol–water partition coefficient (Wildman–Crippen LogP) is 4.13. The lowest BCUT2D eigenvalue weighted by Gasteiger charge is -2.14. The zero-order valence-electron chi connectivity index (χ0n) is 15.7. The minimum absolute atomic E-state index is 0.0341. The number of ether oxygens (including phenoxy) is 3. The molecule has 2 aromatic rings. The van der Waals surface area contributed by atoms with Crippen molar-refractivity contribution in [2.75, 3.05) is 27.4 Å². The van der Waals surface area contributed by atoms with Crippen molar-refractivity contribution in [3.63, 3.8) is 0 Å². The number of phenols is 1. The van der Waals surface area contributed by atoms with Crippen LogP contribution in [0.1, 0.15) is 5.56 Å². The van der Waals surface area contributed by atoms with Gasteiger partial charge >= 0.3 is 0 Å². The molecule has 0 radical (unpaired) electrons. The van der Waals surface area contributed by atoms with Gasteiger partial charge in [0.05, 0.1) is 29.2 Å². The van der Waals surface area contributed by atoms with Gasteiger partial charge in [-0.3, -0.25) is 14.5 Å². The molecule has 1 fully saturated rings. The minimum atomic E-state index is -0.384. The highest BCUT2D eigenvalue weighted by molar-refractivity contribution is 14.1. The van der Waals surface area contributed by atoms with Crippen LogP contribution in [0.25, 0.3) is 6.08 Å². The molecule has 9 heteroatoms. The van der Waals surface area contributed by atoms with Crippen LogP contribution in [0.2, 0.25) is 0 Å². The van der Waals surface area contributed by atoms with Gasteiger partial charge in [-0.1, -0.05) is 12.1 Å². The lowest BCUT2D eigenvalue weighted by atomic mass is 10.2. The Morgan fingerprint density at radius 2 is 1.79 bits per heavy atom. The van der Waals surface area contributed by atoms with E-state index in [4.69, 9.17) is 14.2 Å². The number of hydrogen-bond donors (Lipinski definition) is 1. The van der Waals surface area contributed by atoms with Crippen LogP contribution in [-0.4, -0.2) is 48.5 Å². The Kier molecular flexibility index (Phi) is 6.91. The highest BCUT2D eigenvalue weighted by Gasteiger charge is 2.35. The van der Waals surface area contributed by atoms with Gasteiger partial charge in [-0.25, -0.2) is 0 Å². The molecule has 7 nitrogen and oxygen atoms in total. The van der Waals surface area contributed by atoms with Gasteiger partial charge in [-0.15, -0.1) is 0 Å². The largest absolute Gasteiger partial charge is 0.504 e. The second-order valence-corrected chi connectivity index (χ2v) is 8.04.